The molecule has 0 unspecified atom stereocenters. The number of fused-ring (bicyclic) bond motifs is 1. The van der Waals surface area contributed by atoms with Gasteiger partial charge < -0.3 is 4.74 Å². The number of ether oxygens (including phenoxy) is 1. The molecule has 0 spiro atoms. The first kappa shape index (κ1) is 14.1. The monoisotopic (exact) mass is 301 g/mol. The lowest BCUT2D eigenvalue weighted by Gasteiger charge is -2.06. The van der Waals surface area contributed by atoms with Gasteiger partial charge in [-0.25, -0.2) is 4.98 Å². The van der Waals surface area contributed by atoms with Crippen LogP contribution in [0.4, 0.5) is 5.13 Å². The van der Waals surface area contributed by atoms with Gasteiger partial charge in [0.15, 0.2) is 0 Å². The highest BCUT2D eigenvalue weighted by Crippen LogP contribution is 2.29. The molecule has 21 heavy (non-hydrogen) atoms. The molecule has 1 aliphatic rings. The van der Waals surface area contributed by atoms with E-state index in [-0.39, 0.29) is 0 Å². The van der Waals surface area contributed by atoms with Crippen molar-refractivity contribution in [1.82, 2.24) is 4.98 Å². The topological polar surface area (TPSA) is 46.5 Å². The second-order valence-electron chi connectivity index (χ2n) is 4.94. The largest absolute Gasteiger partial charge is 0.493 e. The van der Waals surface area contributed by atoms with Crippen molar-refractivity contribution in [2.45, 2.75) is 32.6 Å². The third kappa shape index (κ3) is 3.42. The van der Waals surface area contributed by atoms with Gasteiger partial charge in [-0.2, -0.15) is 5.10 Å². The Bertz CT molecular complexity index is 613. The molecule has 4 nitrogen and oxygen atoms in total. The summed E-state index contributed by atoms with van der Waals surface area (Å²) >= 11 is 1.72. The Morgan fingerprint density at radius 2 is 2.19 bits per heavy atom. The zero-order chi connectivity index (χ0) is 14.5. The van der Waals surface area contributed by atoms with Crippen molar-refractivity contribution in [3.05, 3.63) is 40.4 Å². The highest BCUT2D eigenvalue weighted by atomic mass is 32.1. The zero-order valence-corrected chi connectivity index (χ0v) is 12.9. The van der Waals surface area contributed by atoms with Crippen molar-refractivity contribution in [3.63, 3.8) is 0 Å². The molecule has 1 heterocycles. The van der Waals surface area contributed by atoms with E-state index in [1.54, 1.807) is 17.6 Å². The smallest absolute Gasteiger partial charge is 0.203 e. The molecule has 0 radical (unpaired) electrons. The van der Waals surface area contributed by atoms with Crippen LogP contribution in [0.5, 0.6) is 5.75 Å². The fourth-order valence-electron chi connectivity index (χ4n) is 2.43. The number of aromatic nitrogens is 1. The first-order valence-corrected chi connectivity index (χ1v) is 8.18. The van der Waals surface area contributed by atoms with Gasteiger partial charge in [0.25, 0.3) is 0 Å². The SMILES string of the molecule is CCOc1ccccc1/C=N/Nc1nc2c(s1)CCCC2. The van der Waals surface area contributed by atoms with E-state index in [0.717, 1.165) is 29.3 Å². The number of hydrogen-bond donors (Lipinski definition) is 1. The van der Waals surface area contributed by atoms with Crippen LogP contribution in [0.1, 0.15) is 35.9 Å². The van der Waals surface area contributed by atoms with E-state index in [2.05, 4.69) is 15.5 Å². The van der Waals surface area contributed by atoms with Crippen LogP contribution in [0.25, 0.3) is 0 Å². The van der Waals surface area contributed by atoms with Crippen LogP contribution in [0, 0.1) is 0 Å². The number of thiazole rings is 1. The molecule has 0 saturated carbocycles. The van der Waals surface area contributed by atoms with E-state index in [4.69, 9.17) is 4.74 Å². The molecule has 5 heteroatoms. The van der Waals surface area contributed by atoms with E-state index in [1.807, 2.05) is 31.2 Å². The lowest BCUT2D eigenvalue weighted by Crippen LogP contribution is -1.99. The molecule has 0 saturated heterocycles. The molecule has 1 aromatic heterocycles. The first-order valence-electron chi connectivity index (χ1n) is 7.36. The van der Waals surface area contributed by atoms with Crippen LogP contribution >= 0.6 is 11.3 Å². The summed E-state index contributed by atoms with van der Waals surface area (Å²) in [4.78, 5) is 6.01. The molecule has 1 aliphatic carbocycles. The molecule has 0 aliphatic heterocycles. The number of nitrogens with one attached hydrogen (secondary N) is 1. The Kier molecular flexibility index (Phi) is 4.50. The van der Waals surface area contributed by atoms with Crippen molar-refractivity contribution in [2.24, 2.45) is 5.10 Å². The minimum atomic E-state index is 0.650. The predicted molar refractivity (Wildman–Crippen MR) is 87.6 cm³/mol. The Morgan fingerprint density at radius 3 is 3.05 bits per heavy atom. The molecule has 1 N–H and O–H groups in total. The van der Waals surface area contributed by atoms with E-state index in [9.17, 15) is 0 Å². The summed E-state index contributed by atoms with van der Waals surface area (Å²) in [7, 11) is 0. The average Bonchev–Trinajstić information content (AvgIpc) is 2.92. The highest BCUT2D eigenvalue weighted by Gasteiger charge is 2.14. The highest BCUT2D eigenvalue weighted by molar-refractivity contribution is 7.15. The maximum atomic E-state index is 5.57. The van der Waals surface area contributed by atoms with Crippen LogP contribution in [-0.2, 0) is 12.8 Å². The minimum absolute atomic E-state index is 0.650. The summed E-state index contributed by atoms with van der Waals surface area (Å²) in [5.41, 5.74) is 5.26. The molecular weight excluding hydrogens is 282 g/mol. The fraction of sp³-hybridized carbons (Fsp3) is 0.375. The number of hydrogen-bond acceptors (Lipinski definition) is 5. The fourth-order valence-corrected chi connectivity index (χ4v) is 3.43. The van der Waals surface area contributed by atoms with Crippen LogP contribution in [0.2, 0.25) is 0 Å². The van der Waals surface area contributed by atoms with Crippen molar-refractivity contribution in [3.8, 4) is 5.75 Å². The van der Waals surface area contributed by atoms with Crippen molar-refractivity contribution >= 4 is 22.7 Å². The second-order valence-corrected chi connectivity index (χ2v) is 6.02. The summed E-state index contributed by atoms with van der Waals surface area (Å²) < 4.78 is 5.57. The third-order valence-electron chi connectivity index (χ3n) is 3.43. The van der Waals surface area contributed by atoms with E-state index in [0.29, 0.717) is 6.61 Å². The third-order valence-corrected chi connectivity index (χ3v) is 4.49. The summed E-state index contributed by atoms with van der Waals surface area (Å²) in [6.07, 6.45) is 6.57. The van der Waals surface area contributed by atoms with Gasteiger partial charge in [-0.1, -0.05) is 12.1 Å². The number of hydrazone groups is 1. The molecular formula is C16H19N3OS. The molecule has 0 bridgehead atoms. The van der Waals surface area contributed by atoms with Gasteiger partial charge in [0.05, 0.1) is 18.5 Å². The van der Waals surface area contributed by atoms with Crippen LogP contribution in [0.15, 0.2) is 29.4 Å². The predicted octanol–water partition coefficient (Wildman–Crippen LogP) is 3.87. The van der Waals surface area contributed by atoms with Gasteiger partial charge in [-0.05, 0) is 44.7 Å². The second kappa shape index (κ2) is 6.72. The summed E-state index contributed by atoms with van der Waals surface area (Å²) in [6.45, 7) is 2.63. The lowest BCUT2D eigenvalue weighted by atomic mass is 10.0. The summed E-state index contributed by atoms with van der Waals surface area (Å²) in [5.74, 6) is 0.851. The first-order chi connectivity index (χ1) is 10.4. The number of rotatable bonds is 5. The van der Waals surface area contributed by atoms with Crippen molar-refractivity contribution in [1.29, 1.82) is 0 Å². The van der Waals surface area contributed by atoms with Gasteiger partial charge in [-0.3, -0.25) is 5.43 Å². The number of anilines is 1. The standard InChI is InChI=1S/C16H19N3OS/c1-2-20-14-9-5-3-7-12(14)11-17-19-16-18-13-8-4-6-10-15(13)21-16/h3,5,7,9,11H,2,4,6,8,10H2,1H3,(H,18,19)/b17-11+. The summed E-state index contributed by atoms with van der Waals surface area (Å²) in [5, 5.41) is 5.17. The quantitative estimate of drug-likeness (QED) is 0.673. The molecule has 2 aromatic rings. The van der Waals surface area contributed by atoms with Gasteiger partial charge in [0.1, 0.15) is 5.75 Å². The van der Waals surface area contributed by atoms with Gasteiger partial charge >= 0.3 is 0 Å². The summed E-state index contributed by atoms with van der Waals surface area (Å²) in [6, 6.07) is 7.88. The zero-order valence-electron chi connectivity index (χ0n) is 12.1. The minimum Gasteiger partial charge on any atom is -0.493 e. The van der Waals surface area contributed by atoms with Gasteiger partial charge in [0.2, 0.25) is 5.13 Å². The number of nitrogens with zero attached hydrogens (tertiary/aromatic N) is 2. The van der Waals surface area contributed by atoms with Crippen LogP contribution < -0.4 is 10.2 Å². The van der Waals surface area contributed by atoms with Crippen molar-refractivity contribution < 1.29 is 4.74 Å². The number of aryl methyl sites for hydroxylation is 2. The van der Waals surface area contributed by atoms with E-state index >= 15 is 0 Å². The number of para-hydroxylation sites is 1. The molecule has 110 valence electrons. The Hall–Kier alpha value is -1.88. The molecule has 0 amide bonds. The maximum Gasteiger partial charge on any atom is 0.203 e. The van der Waals surface area contributed by atoms with Gasteiger partial charge in [-0.15, -0.1) is 11.3 Å². The Labute approximate surface area is 128 Å². The van der Waals surface area contributed by atoms with Crippen LogP contribution in [-0.4, -0.2) is 17.8 Å². The molecule has 0 atom stereocenters. The molecule has 3 rings (SSSR count). The van der Waals surface area contributed by atoms with Crippen LogP contribution in [0.3, 0.4) is 0 Å². The normalized spacial score (nSPS) is 14.1. The van der Waals surface area contributed by atoms with E-state index < -0.39 is 0 Å². The lowest BCUT2D eigenvalue weighted by molar-refractivity contribution is 0.340. The maximum absolute atomic E-state index is 5.57. The van der Waals surface area contributed by atoms with E-state index in [1.165, 1.54) is 23.4 Å². The van der Waals surface area contributed by atoms with Crippen molar-refractivity contribution in [2.75, 3.05) is 12.0 Å². The van der Waals surface area contributed by atoms with Gasteiger partial charge in [0, 0.05) is 10.4 Å². The molecule has 1 aromatic carbocycles. The average molecular weight is 301 g/mol. The number of benzene rings is 1. The Balaban J connectivity index is 1.68. The Morgan fingerprint density at radius 1 is 1.33 bits per heavy atom. The molecule has 0 fully saturated rings.